The van der Waals surface area contributed by atoms with Gasteiger partial charge in [0, 0.05) is 19.0 Å². The molecule has 7 heteroatoms. The van der Waals surface area contributed by atoms with Crippen molar-refractivity contribution in [2.75, 3.05) is 19.7 Å². The topological polar surface area (TPSA) is 95.9 Å². The van der Waals surface area contributed by atoms with Crippen molar-refractivity contribution in [2.24, 2.45) is 11.8 Å². The molecule has 2 unspecified atom stereocenters. The molecule has 0 bridgehead atoms. The second-order valence-electron chi connectivity index (χ2n) is 9.56. The Kier molecular flexibility index (Phi) is 7.20. The molecule has 7 nitrogen and oxygen atoms in total. The first-order chi connectivity index (χ1) is 16.4. The second kappa shape index (κ2) is 10.3. The number of hydrogen-bond acceptors (Lipinski definition) is 4. The highest BCUT2D eigenvalue weighted by Gasteiger charge is 2.37. The Balaban J connectivity index is 1.37. The minimum atomic E-state index is -0.973. The molecule has 180 valence electrons. The molecule has 34 heavy (non-hydrogen) atoms. The molecular formula is C27H32N2O5. The van der Waals surface area contributed by atoms with Gasteiger partial charge in [-0.25, -0.2) is 9.59 Å². The third kappa shape index (κ3) is 4.93. The van der Waals surface area contributed by atoms with Crippen molar-refractivity contribution < 1.29 is 24.2 Å². The number of likely N-dealkylation sites (tertiary alicyclic amines) is 1. The van der Waals surface area contributed by atoms with Gasteiger partial charge in [-0.1, -0.05) is 62.4 Å². The standard InChI is InChI=1S/C27H32N2O5/c1-17(2)14-18(25(30)29-13-7-12-24(29)26(31)32)15-28-27(33)34-16-23-21-10-5-3-8-19(21)20-9-4-6-11-22(20)23/h3-6,8-11,17-18,23-24H,7,12-16H2,1-2H3,(H,28,33)(H,31,32). The van der Waals surface area contributed by atoms with Crippen LogP contribution >= 0.6 is 0 Å². The van der Waals surface area contributed by atoms with E-state index in [-0.39, 0.29) is 30.9 Å². The summed E-state index contributed by atoms with van der Waals surface area (Å²) in [7, 11) is 0. The lowest BCUT2D eigenvalue weighted by Gasteiger charge is -2.27. The lowest BCUT2D eigenvalue weighted by atomic mass is 9.95. The minimum absolute atomic E-state index is 0.0350. The van der Waals surface area contributed by atoms with Crippen molar-refractivity contribution in [1.29, 1.82) is 0 Å². The maximum Gasteiger partial charge on any atom is 0.407 e. The molecule has 4 rings (SSSR count). The number of hydrogen-bond donors (Lipinski definition) is 2. The number of nitrogens with zero attached hydrogens (tertiary/aromatic N) is 1. The van der Waals surface area contributed by atoms with Gasteiger partial charge in [-0.3, -0.25) is 4.79 Å². The molecule has 2 amide bonds. The molecule has 1 aliphatic heterocycles. The lowest BCUT2D eigenvalue weighted by Crippen LogP contribution is -2.46. The van der Waals surface area contributed by atoms with Crippen molar-refractivity contribution in [2.45, 2.75) is 45.1 Å². The van der Waals surface area contributed by atoms with Gasteiger partial charge in [0.25, 0.3) is 0 Å². The Morgan fingerprint density at radius 1 is 1.06 bits per heavy atom. The number of carboxylic acid groups (broad SMARTS) is 1. The molecule has 2 aromatic carbocycles. The summed E-state index contributed by atoms with van der Waals surface area (Å²) in [6.45, 7) is 4.78. The summed E-state index contributed by atoms with van der Waals surface area (Å²) in [5.74, 6) is -1.48. The summed E-state index contributed by atoms with van der Waals surface area (Å²) in [4.78, 5) is 38.7. The van der Waals surface area contributed by atoms with E-state index in [9.17, 15) is 19.5 Å². The molecule has 1 aliphatic carbocycles. The number of carbonyl (C=O) groups is 3. The normalized spacial score (nSPS) is 17.9. The van der Waals surface area contributed by atoms with Gasteiger partial charge in [0.1, 0.15) is 12.6 Å². The number of carboxylic acids is 1. The van der Waals surface area contributed by atoms with E-state index in [1.807, 2.05) is 38.1 Å². The monoisotopic (exact) mass is 464 g/mol. The van der Waals surface area contributed by atoms with Crippen LogP contribution < -0.4 is 5.32 Å². The molecule has 0 aromatic heterocycles. The van der Waals surface area contributed by atoms with Crippen LogP contribution in [-0.2, 0) is 14.3 Å². The summed E-state index contributed by atoms with van der Waals surface area (Å²) in [6, 6.07) is 15.5. The molecule has 2 aromatic rings. The molecule has 2 atom stereocenters. The fourth-order valence-electron chi connectivity index (χ4n) is 5.22. The van der Waals surface area contributed by atoms with Crippen LogP contribution in [0.4, 0.5) is 4.79 Å². The first-order valence-electron chi connectivity index (χ1n) is 12.0. The lowest BCUT2D eigenvalue weighted by molar-refractivity contribution is -0.150. The van der Waals surface area contributed by atoms with Gasteiger partial charge in [0.2, 0.25) is 5.91 Å². The van der Waals surface area contributed by atoms with Crippen LogP contribution in [0.15, 0.2) is 48.5 Å². The molecule has 0 saturated carbocycles. The molecular weight excluding hydrogens is 432 g/mol. The number of alkyl carbamates (subject to hydrolysis) is 1. The number of rotatable bonds is 8. The van der Waals surface area contributed by atoms with E-state index >= 15 is 0 Å². The number of amides is 2. The van der Waals surface area contributed by atoms with E-state index in [4.69, 9.17) is 4.74 Å². The van der Waals surface area contributed by atoms with Crippen LogP contribution in [0.5, 0.6) is 0 Å². The average Bonchev–Trinajstić information content (AvgIpc) is 3.43. The van der Waals surface area contributed by atoms with Crippen LogP contribution in [0, 0.1) is 11.8 Å². The van der Waals surface area contributed by atoms with E-state index in [0.717, 1.165) is 22.3 Å². The fraction of sp³-hybridized carbons (Fsp3) is 0.444. The van der Waals surface area contributed by atoms with Gasteiger partial charge in [-0.05, 0) is 47.4 Å². The molecule has 2 aliphatic rings. The summed E-state index contributed by atoms with van der Waals surface area (Å²) in [6.07, 6.45) is 1.14. The van der Waals surface area contributed by atoms with Gasteiger partial charge in [-0.15, -0.1) is 0 Å². The van der Waals surface area contributed by atoms with Crippen molar-refractivity contribution in [3.05, 3.63) is 59.7 Å². The van der Waals surface area contributed by atoms with E-state index in [0.29, 0.717) is 25.8 Å². The smallest absolute Gasteiger partial charge is 0.407 e. The highest BCUT2D eigenvalue weighted by atomic mass is 16.5. The Morgan fingerprint density at radius 3 is 2.26 bits per heavy atom. The first-order valence-corrected chi connectivity index (χ1v) is 12.0. The second-order valence-corrected chi connectivity index (χ2v) is 9.56. The maximum absolute atomic E-state index is 13.1. The Morgan fingerprint density at radius 2 is 1.68 bits per heavy atom. The van der Waals surface area contributed by atoms with Crippen LogP contribution in [0.25, 0.3) is 11.1 Å². The predicted molar refractivity (Wildman–Crippen MR) is 128 cm³/mol. The van der Waals surface area contributed by atoms with Gasteiger partial charge < -0.3 is 20.1 Å². The van der Waals surface area contributed by atoms with E-state index in [2.05, 4.69) is 29.6 Å². The number of aliphatic carboxylic acids is 1. The summed E-state index contributed by atoms with van der Waals surface area (Å²) in [5.41, 5.74) is 4.60. The first kappa shape index (κ1) is 23.8. The molecule has 1 saturated heterocycles. The number of nitrogens with one attached hydrogen (secondary N) is 1. The van der Waals surface area contributed by atoms with Crippen LogP contribution in [0.1, 0.15) is 50.2 Å². The average molecular weight is 465 g/mol. The zero-order valence-electron chi connectivity index (χ0n) is 19.7. The number of carbonyl (C=O) groups excluding carboxylic acids is 2. The molecule has 0 spiro atoms. The molecule has 2 N–H and O–H groups in total. The molecule has 1 heterocycles. The number of fused-ring (bicyclic) bond motifs is 3. The van der Waals surface area contributed by atoms with Crippen molar-refractivity contribution in [3.63, 3.8) is 0 Å². The van der Waals surface area contributed by atoms with Crippen molar-refractivity contribution >= 4 is 18.0 Å². The van der Waals surface area contributed by atoms with Crippen LogP contribution in [-0.4, -0.2) is 53.7 Å². The van der Waals surface area contributed by atoms with Crippen LogP contribution in [0.2, 0.25) is 0 Å². The minimum Gasteiger partial charge on any atom is -0.480 e. The molecule has 1 fully saturated rings. The van der Waals surface area contributed by atoms with Crippen molar-refractivity contribution in [1.82, 2.24) is 10.2 Å². The predicted octanol–water partition coefficient (Wildman–Crippen LogP) is 4.26. The van der Waals surface area contributed by atoms with E-state index in [1.165, 1.54) is 4.90 Å². The number of benzene rings is 2. The third-order valence-corrected chi connectivity index (χ3v) is 6.76. The highest BCUT2D eigenvalue weighted by molar-refractivity contribution is 5.86. The van der Waals surface area contributed by atoms with Gasteiger partial charge >= 0.3 is 12.1 Å². The zero-order valence-corrected chi connectivity index (χ0v) is 19.7. The molecule has 0 radical (unpaired) electrons. The Labute approximate surface area is 200 Å². The SMILES string of the molecule is CC(C)CC(CNC(=O)OCC1c2ccccc2-c2ccccc21)C(=O)N1CCCC1C(=O)O. The fourth-order valence-corrected chi connectivity index (χ4v) is 5.22. The summed E-state index contributed by atoms with van der Waals surface area (Å²) >= 11 is 0. The number of ether oxygens (including phenoxy) is 1. The summed E-state index contributed by atoms with van der Waals surface area (Å²) in [5, 5.41) is 12.2. The van der Waals surface area contributed by atoms with E-state index < -0.39 is 24.0 Å². The van der Waals surface area contributed by atoms with E-state index in [1.54, 1.807) is 0 Å². The largest absolute Gasteiger partial charge is 0.480 e. The quantitative estimate of drug-likeness (QED) is 0.609. The van der Waals surface area contributed by atoms with Gasteiger partial charge in [-0.2, -0.15) is 0 Å². The third-order valence-electron chi connectivity index (χ3n) is 6.76. The van der Waals surface area contributed by atoms with Gasteiger partial charge in [0.05, 0.1) is 5.92 Å². The van der Waals surface area contributed by atoms with Gasteiger partial charge in [0.15, 0.2) is 0 Å². The Hall–Kier alpha value is -3.35. The highest BCUT2D eigenvalue weighted by Crippen LogP contribution is 2.44. The van der Waals surface area contributed by atoms with Crippen molar-refractivity contribution in [3.8, 4) is 11.1 Å². The zero-order chi connectivity index (χ0) is 24.2. The summed E-state index contributed by atoms with van der Waals surface area (Å²) < 4.78 is 5.59. The van der Waals surface area contributed by atoms with Crippen LogP contribution in [0.3, 0.4) is 0 Å². The Bertz CT molecular complexity index is 1020. The maximum atomic E-state index is 13.1.